The van der Waals surface area contributed by atoms with Crippen molar-refractivity contribution in [2.75, 3.05) is 26.3 Å². The fourth-order valence-corrected chi connectivity index (χ4v) is 1.00. The van der Waals surface area contributed by atoms with E-state index in [1.807, 2.05) is 0 Å². The van der Waals surface area contributed by atoms with E-state index in [1.54, 1.807) is 0 Å². The monoisotopic (exact) mass is 256 g/mol. The molecule has 0 bridgehead atoms. The predicted molar refractivity (Wildman–Crippen MR) is 68.3 cm³/mol. The minimum Gasteiger partial charge on any atom is -0.445 e. The number of amides is 2. The van der Waals surface area contributed by atoms with Gasteiger partial charge < -0.3 is 20.1 Å². The summed E-state index contributed by atoms with van der Waals surface area (Å²) in [6.07, 6.45) is 3.55. The van der Waals surface area contributed by atoms with Gasteiger partial charge in [-0.25, -0.2) is 9.59 Å². The van der Waals surface area contributed by atoms with Crippen molar-refractivity contribution in [1.82, 2.24) is 10.6 Å². The third-order valence-corrected chi connectivity index (χ3v) is 1.81. The fraction of sp³-hybridized carbons (Fsp3) is 0.500. The van der Waals surface area contributed by atoms with E-state index < -0.39 is 12.2 Å². The Balaban J connectivity index is 3.29. The number of carbonyl (C=O) groups is 2. The summed E-state index contributed by atoms with van der Waals surface area (Å²) in [6.45, 7) is 8.25. The second-order valence-electron chi connectivity index (χ2n) is 3.33. The zero-order valence-electron chi connectivity index (χ0n) is 10.4. The van der Waals surface area contributed by atoms with E-state index in [0.29, 0.717) is 13.1 Å². The number of hydrogen-bond acceptors (Lipinski definition) is 4. The van der Waals surface area contributed by atoms with Gasteiger partial charge in [0.15, 0.2) is 0 Å². The van der Waals surface area contributed by atoms with Crippen LogP contribution in [0.25, 0.3) is 0 Å². The molecule has 0 aliphatic rings. The Kier molecular flexibility index (Phi) is 10.2. The summed E-state index contributed by atoms with van der Waals surface area (Å²) in [4.78, 5) is 22.0. The second-order valence-corrected chi connectivity index (χ2v) is 3.33. The van der Waals surface area contributed by atoms with Crippen LogP contribution in [0.5, 0.6) is 0 Å². The van der Waals surface area contributed by atoms with E-state index in [1.165, 1.54) is 12.2 Å². The average Bonchev–Trinajstić information content (AvgIpc) is 2.37. The average molecular weight is 256 g/mol. The van der Waals surface area contributed by atoms with E-state index in [4.69, 9.17) is 9.47 Å². The topological polar surface area (TPSA) is 76.7 Å². The van der Waals surface area contributed by atoms with Crippen LogP contribution in [0.4, 0.5) is 9.59 Å². The van der Waals surface area contributed by atoms with Gasteiger partial charge in [-0.3, -0.25) is 0 Å². The molecule has 0 aliphatic heterocycles. The molecule has 0 aromatic carbocycles. The first-order chi connectivity index (χ1) is 8.70. The molecule has 0 saturated heterocycles. The molecular weight excluding hydrogens is 236 g/mol. The molecule has 6 heteroatoms. The van der Waals surface area contributed by atoms with E-state index in [-0.39, 0.29) is 13.2 Å². The van der Waals surface area contributed by atoms with Crippen molar-refractivity contribution in [2.24, 2.45) is 0 Å². The number of unbranched alkanes of at least 4 members (excludes halogenated alkanes) is 1. The van der Waals surface area contributed by atoms with Crippen LogP contribution in [0.15, 0.2) is 25.3 Å². The van der Waals surface area contributed by atoms with Gasteiger partial charge in [-0.15, -0.1) is 0 Å². The van der Waals surface area contributed by atoms with Gasteiger partial charge >= 0.3 is 12.2 Å². The Hall–Kier alpha value is -1.98. The number of alkyl carbamates (subject to hydrolysis) is 2. The molecule has 0 atom stereocenters. The second kappa shape index (κ2) is 11.5. The molecule has 0 fully saturated rings. The molecule has 0 aromatic heterocycles. The molecule has 0 aromatic rings. The number of carbonyl (C=O) groups excluding carboxylic acids is 2. The van der Waals surface area contributed by atoms with Gasteiger partial charge in [0, 0.05) is 13.1 Å². The van der Waals surface area contributed by atoms with Crippen LogP contribution in [0.2, 0.25) is 0 Å². The molecule has 0 heterocycles. The molecule has 0 spiro atoms. The minimum atomic E-state index is -0.465. The first-order valence-electron chi connectivity index (χ1n) is 5.73. The van der Waals surface area contributed by atoms with Crippen LogP contribution in [-0.2, 0) is 9.47 Å². The fourth-order valence-electron chi connectivity index (χ4n) is 1.00. The van der Waals surface area contributed by atoms with Gasteiger partial charge in [0.2, 0.25) is 0 Å². The molecule has 0 unspecified atom stereocenters. The van der Waals surface area contributed by atoms with E-state index >= 15 is 0 Å². The zero-order chi connectivity index (χ0) is 13.6. The lowest BCUT2D eigenvalue weighted by molar-refractivity contribution is 0.156. The molecule has 0 radical (unpaired) electrons. The van der Waals surface area contributed by atoms with Crippen molar-refractivity contribution in [3.63, 3.8) is 0 Å². The van der Waals surface area contributed by atoms with Crippen LogP contribution in [0.3, 0.4) is 0 Å². The third kappa shape index (κ3) is 10.5. The van der Waals surface area contributed by atoms with Crippen molar-refractivity contribution in [3.05, 3.63) is 25.3 Å². The summed E-state index contributed by atoms with van der Waals surface area (Å²) in [5.41, 5.74) is 0. The van der Waals surface area contributed by atoms with Crippen molar-refractivity contribution >= 4 is 12.2 Å². The molecule has 0 saturated carbocycles. The van der Waals surface area contributed by atoms with Crippen LogP contribution in [-0.4, -0.2) is 38.5 Å². The highest BCUT2D eigenvalue weighted by Gasteiger charge is 2.00. The van der Waals surface area contributed by atoms with Crippen LogP contribution >= 0.6 is 0 Å². The molecule has 102 valence electrons. The first kappa shape index (κ1) is 16.0. The van der Waals surface area contributed by atoms with Crippen LogP contribution < -0.4 is 10.6 Å². The van der Waals surface area contributed by atoms with Crippen molar-refractivity contribution < 1.29 is 19.1 Å². The lowest BCUT2D eigenvalue weighted by atomic mass is 10.3. The minimum absolute atomic E-state index is 0.197. The number of nitrogens with one attached hydrogen (secondary N) is 2. The lowest BCUT2D eigenvalue weighted by Gasteiger charge is -2.06. The summed E-state index contributed by atoms with van der Waals surface area (Å²) in [6, 6.07) is 0. The summed E-state index contributed by atoms with van der Waals surface area (Å²) >= 11 is 0. The highest BCUT2D eigenvalue weighted by molar-refractivity contribution is 5.67. The lowest BCUT2D eigenvalue weighted by Crippen LogP contribution is -2.28. The molecule has 0 rings (SSSR count). The number of rotatable bonds is 9. The predicted octanol–water partition coefficient (Wildman–Crippen LogP) is 1.59. The van der Waals surface area contributed by atoms with Crippen molar-refractivity contribution in [3.8, 4) is 0 Å². The van der Waals surface area contributed by atoms with Gasteiger partial charge in [-0.1, -0.05) is 25.3 Å². The highest BCUT2D eigenvalue weighted by atomic mass is 16.6. The molecule has 18 heavy (non-hydrogen) atoms. The summed E-state index contributed by atoms with van der Waals surface area (Å²) in [5, 5.41) is 5.15. The molecule has 2 N–H and O–H groups in total. The van der Waals surface area contributed by atoms with E-state index in [0.717, 1.165) is 12.8 Å². The standard InChI is InChI=1S/C12H20N2O4/c1-3-9-17-11(15)13-7-5-6-8-14-12(16)18-10-4-2/h3-4H,1-2,5-10H2,(H,13,15)(H,14,16). The first-order valence-corrected chi connectivity index (χ1v) is 5.73. The normalized spacial score (nSPS) is 9.11. The highest BCUT2D eigenvalue weighted by Crippen LogP contribution is 1.87. The van der Waals surface area contributed by atoms with Gasteiger partial charge in [-0.05, 0) is 12.8 Å². The largest absolute Gasteiger partial charge is 0.445 e. The molecular formula is C12H20N2O4. The Morgan fingerprint density at radius 3 is 1.61 bits per heavy atom. The van der Waals surface area contributed by atoms with Gasteiger partial charge in [0.1, 0.15) is 13.2 Å². The number of ether oxygens (including phenoxy) is 2. The summed E-state index contributed by atoms with van der Waals surface area (Å²) in [7, 11) is 0. The smallest absolute Gasteiger partial charge is 0.407 e. The molecule has 0 aliphatic carbocycles. The van der Waals surface area contributed by atoms with Crippen LogP contribution in [0, 0.1) is 0 Å². The zero-order valence-corrected chi connectivity index (χ0v) is 10.4. The van der Waals surface area contributed by atoms with Crippen LogP contribution in [0.1, 0.15) is 12.8 Å². The maximum absolute atomic E-state index is 11.0. The molecule has 6 nitrogen and oxygen atoms in total. The summed E-state index contributed by atoms with van der Waals surface area (Å²) in [5.74, 6) is 0. The quantitative estimate of drug-likeness (QED) is 0.485. The Bertz CT molecular complexity index is 251. The van der Waals surface area contributed by atoms with Gasteiger partial charge in [-0.2, -0.15) is 0 Å². The third-order valence-electron chi connectivity index (χ3n) is 1.81. The summed E-state index contributed by atoms with van der Waals surface area (Å²) < 4.78 is 9.43. The Morgan fingerprint density at radius 2 is 1.28 bits per heavy atom. The van der Waals surface area contributed by atoms with E-state index in [9.17, 15) is 9.59 Å². The van der Waals surface area contributed by atoms with Crippen molar-refractivity contribution in [1.29, 1.82) is 0 Å². The van der Waals surface area contributed by atoms with Gasteiger partial charge in [0.25, 0.3) is 0 Å². The van der Waals surface area contributed by atoms with Crippen molar-refractivity contribution in [2.45, 2.75) is 12.8 Å². The van der Waals surface area contributed by atoms with Gasteiger partial charge in [0.05, 0.1) is 0 Å². The maximum Gasteiger partial charge on any atom is 0.407 e. The molecule has 2 amide bonds. The Labute approximate surface area is 107 Å². The number of hydrogen-bond donors (Lipinski definition) is 2. The van der Waals surface area contributed by atoms with E-state index in [2.05, 4.69) is 23.8 Å². The maximum atomic E-state index is 11.0. The Morgan fingerprint density at radius 1 is 0.889 bits per heavy atom. The SMILES string of the molecule is C=CCOC(=O)NCCCCNC(=O)OCC=C.